The summed E-state index contributed by atoms with van der Waals surface area (Å²) in [5, 5.41) is 9.09. The van der Waals surface area contributed by atoms with E-state index in [0.717, 1.165) is 41.5 Å². The third-order valence-corrected chi connectivity index (χ3v) is 6.37. The third-order valence-electron chi connectivity index (χ3n) is 6.37. The molecule has 3 aromatic carbocycles. The Balaban J connectivity index is 1.92. The van der Waals surface area contributed by atoms with Gasteiger partial charge in [0.2, 0.25) is 0 Å². The van der Waals surface area contributed by atoms with Gasteiger partial charge in [0.1, 0.15) is 6.61 Å². The quantitative estimate of drug-likeness (QED) is 0.168. The molecule has 3 heteroatoms. The number of carbonyl (C=O) groups is 1. The van der Waals surface area contributed by atoms with E-state index in [-0.39, 0.29) is 19.2 Å². The van der Waals surface area contributed by atoms with E-state index in [9.17, 15) is 4.79 Å². The maximum absolute atomic E-state index is 12.1. The molecule has 0 amide bonds. The van der Waals surface area contributed by atoms with Crippen LogP contribution in [0.4, 0.5) is 0 Å². The van der Waals surface area contributed by atoms with Gasteiger partial charge in [-0.25, -0.2) is 4.79 Å². The predicted molar refractivity (Wildman–Crippen MR) is 145 cm³/mol. The van der Waals surface area contributed by atoms with E-state index in [1.165, 1.54) is 41.5 Å². The minimum absolute atomic E-state index is 0.190. The van der Waals surface area contributed by atoms with Gasteiger partial charge >= 0.3 is 5.97 Å². The van der Waals surface area contributed by atoms with Crippen molar-refractivity contribution in [1.29, 1.82) is 0 Å². The molecule has 0 aliphatic carbocycles. The van der Waals surface area contributed by atoms with Crippen LogP contribution in [0.25, 0.3) is 22.3 Å². The second kappa shape index (κ2) is 13.1. The largest absolute Gasteiger partial charge is 0.457 e. The van der Waals surface area contributed by atoms with Gasteiger partial charge in [0, 0.05) is 12.2 Å². The molecule has 0 aliphatic heterocycles. The fraction of sp³-hybridized carbons (Fsp3) is 0.344. The van der Waals surface area contributed by atoms with Crippen LogP contribution < -0.4 is 0 Å². The van der Waals surface area contributed by atoms with Crippen LogP contribution in [-0.4, -0.2) is 17.7 Å². The number of aryl methyl sites for hydroxylation is 3. The molecule has 3 nitrogen and oxygen atoms in total. The van der Waals surface area contributed by atoms with Crippen molar-refractivity contribution >= 4 is 5.97 Å². The number of ether oxygens (including phenoxy) is 1. The molecule has 3 aromatic rings. The molecule has 184 valence electrons. The zero-order valence-corrected chi connectivity index (χ0v) is 21.4. The second-order valence-electron chi connectivity index (χ2n) is 9.36. The molecule has 0 unspecified atom stereocenters. The molecular weight excluding hydrogens is 432 g/mol. The average molecular weight is 471 g/mol. The zero-order chi connectivity index (χ0) is 25.2. The van der Waals surface area contributed by atoms with Gasteiger partial charge in [-0.1, -0.05) is 80.9 Å². The van der Waals surface area contributed by atoms with Gasteiger partial charge in [0.15, 0.2) is 0 Å². The number of hydrogen-bond acceptors (Lipinski definition) is 3. The van der Waals surface area contributed by atoms with Gasteiger partial charge in [-0.05, 0) is 90.1 Å². The Morgan fingerprint density at radius 1 is 0.857 bits per heavy atom. The Labute approximate surface area is 210 Å². The van der Waals surface area contributed by atoms with Crippen LogP contribution in [0.1, 0.15) is 61.8 Å². The highest BCUT2D eigenvalue weighted by molar-refractivity contribution is 5.87. The fourth-order valence-electron chi connectivity index (χ4n) is 4.35. The molecule has 0 aliphatic rings. The summed E-state index contributed by atoms with van der Waals surface area (Å²) in [5.41, 5.74) is 9.63. The van der Waals surface area contributed by atoms with Crippen molar-refractivity contribution in [2.75, 3.05) is 6.61 Å². The Morgan fingerprint density at radius 3 is 2.17 bits per heavy atom. The lowest BCUT2D eigenvalue weighted by atomic mass is 9.92. The summed E-state index contributed by atoms with van der Waals surface area (Å²) in [6.45, 7) is 10.1. The van der Waals surface area contributed by atoms with E-state index in [0.29, 0.717) is 5.57 Å². The molecular formula is C32H38O3. The standard InChI is InChI=1S/C32H38O3/c1-5-6-7-9-26-13-17-30(24(4)20-26)28-16-18-31(29(21-28)22-35-32(34)23(2)3)27-14-11-25(12-15-27)10-8-19-33/h11-18,20-21,33H,2,5-10,19,22H2,1,3-4H3. The zero-order valence-electron chi connectivity index (χ0n) is 21.4. The first-order valence-corrected chi connectivity index (χ1v) is 12.7. The molecule has 0 radical (unpaired) electrons. The first-order valence-electron chi connectivity index (χ1n) is 12.7. The van der Waals surface area contributed by atoms with E-state index in [2.05, 4.69) is 81.1 Å². The van der Waals surface area contributed by atoms with Gasteiger partial charge in [-0.3, -0.25) is 0 Å². The number of hydrogen-bond donors (Lipinski definition) is 1. The van der Waals surface area contributed by atoms with Gasteiger partial charge < -0.3 is 9.84 Å². The smallest absolute Gasteiger partial charge is 0.333 e. The van der Waals surface area contributed by atoms with E-state index in [4.69, 9.17) is 9.84 Å². The van der Waals surface area contributed by atoms with E-state index < -0.39 is 0 Å². The molecule has 0 bridgehead atoms. The molecule has 0 saturated heterocycles. The van der Waals surface area contributed by atoms with Gasteiger partial charge in [-0.15, -0.1) is 0 Å². The molecule has 0 atom stereocenters. The minimum Gasteiger partial charge on any atom is -0.457 e. The van der Waals surface area contributed by atoms with Crippen molar-refractivity contribution in [3.05, 3.63) is 95.1 Å². The summed E-state index contributed by atoms with van der Waals surface area (Å²) in [6.07, 6.45) is 6.44. The summed E-state index contributed by atoms with van der Waals surface area (Å²) in [5.74, 6) is -0.381. The third kappa shape index (κ3) is 7.40. The topological polar surface area (TPSA) is 46.5 Å². The molecule has 1 N–H and O–H groups in total. The number of esters is 1. The number of carbonyl (C=O) groups excluding carboxylic acids is 1. The maximum atomic E-state index is 12.1. The highest BCUT2D eigenvalue weighted by Crippen LogP contribution is 2.32. The van der Waals surface area contributed by atoms with E-state index >= 15 is 0 Å². The highest BCUT2D eigenvalue weighted by atomic mass is 16.5. The first kappa shape index (κ1) is 26.4. The Hall–Kier alpha value is -3.17. The molecule has 3 rings (SSSR count). The van der Waals surface area contributed by atoms with E-state index in [1.807, 2.05) is 0 Å². The van der Waals surface area contributed by atoms with Crippen molar-refractivity contribution in [3.63, 3.8) is 0 Å². The number of benzene rings is 3. The summed E-state index contributed by atoms with van der Waals surface area (Å²) in [4.78, 5) is 12.1. The van der Waals surface area contributed by atoms with Crippen LogP contribution in [-0.2, 0) is 29.0 Å². The molecule has 0 saturated carbocycles. The van der Waals surface area contributed by atoms with Crippen LogP contribution in [0.3, 0.4) is 0 Å². The lowest BCUT2D eigenvalue weighted by Crippen LogP contribution is -2.06. The maximum Gasteiger partial charge on any atom is 0.333 e. The molecule has 0 aromatic heterocycles. The highest BCUT2D eigenvalue weighted by Gasteiger charge is 2.12. The van der Waals surface area contributed by atoms with Gasteiger partial charge in [0.05, 0.1) is 0 Å². The lowest BCUT2D eigenvalue weighted by Gasteiger charge is -2.15. The number of unbranched alkanes of at least 4 members (excludes halogenated alkanes) is 2. The lowest BCUT2D eigenvalue weighted by molar-refractivity contribution is -0.140. The van der Waals surface area contributed by atoms with Crippen LogP contribution >= 0.6 is 0 Å². The Kier molecular flexibility index (Phi) is 9.86. The normalized spacial score (nSPS) is 10.9. The minimum atomic E-state index is -0.381. The Morgan fingerprint density at radius 2 is 1.51 bits per heavy atom. The number of rotatable bonds is 12. The van der Waals surface area contributed by atoms with Crippen molar-refractivity contribution in [1.82, 2.24) is 0 Å². The number of aliphatic hydroxyl groups is 1. The van der Waals surface area contributed by atoms with Crippen LogP contribution in [0.15, 0.2) is 72.8 Å². The van der Waals surface area contributed by atoms with Gasteiger partial charge in [0.25, 0.3) is 0 Å². The summed E-state index contributed by atoms with van der Waals surface area (Å²) >= 11 is 0. The molecule has 0 fully saturated rings. The molecule has 0 heterocycles. The van der Waals surface area contributed by atoms with Crippen LogP contribution in [0.5, 0.6) is 0 Å². The van der Waals surface area contributed by atoms with Crippen molar-refractivity contribution in [2.45, 2.75) is 65.9 Å². The summed E-state index contributed by atoms with van der Waals surface area (Å²) < 4.78 is 5.56. The van der Waals surface area contributed by atoms with Crippen molar-refractivity contribution in [2.24, 2.45) is 0 Å². The monoisotopic (exact) mass is 470 g/mol. The number of aliphatic hydroxyl groups excluding tert-OH is 1. The molecule has 0 spiro atoms. The van der Waals surface area contributed by atoms with Gasteiger partial charge in [-0.2, -0.15) is 0 Å². The van der Waals surface area contributed by atoms with E-state index in [1.54, 1.807) is 6.92 Å². The first-order chi connectivity index (χ1) is 16.9. The Bertz CT molecular complexity index is 1140. The fourth-order valence-corrected chi connectivity index (χ4v) is 4.35. The molecule has 35 heavy (non-hydrogen) atoms. The van der Waals surface area contributed by atoms with Crippen LogP contribution in [0, 0.1) is 6.92 Å². The van der Waals surface area contributed by atoms with Crippen LogP contribution in [0.2, 0.25) is 0 Å². The predicted octanol–water partition coefficient (Wildman–Crippen LogP) is 7.61. The SMILES string of the molecule is C=C(C)C(=O)OCc1cc(-c2ccc(CCCCC)cc2C)ccc1-c1ccc(CCCO)cc1. The van der Waals surface area contributed by atoms with Crippen molar-refractivity contribution < 1.29 is 14.6 Å². The summed E-state index contributed by atoms with van der Waals surface area (Å²) in [7, 11) is 0. The average Bonchev–Trinajstić information content (AvgIpc) is 2.86. The second-order valence-corrected chi connectivity index (χ2v) is 9.36. The van der Waals surface area contributed by atoms with Crippen molar-refractivity contribution in [3.8, 4) is 22.3 Å². The summed E-state index contributed by atoms with van der Waals surface area (Å²) in [6, 6.07) is 21.6.